The average molecular weight is 157 g/mol. The van der Waals surface area contributed by atoms with Crippen molar-refractivity contribution >= 4 is 12.2 Å². The highest BCUT2D eigenvalue weighted by molar-refractivity contribution is 5.56. The highest BCUT2D eigenvalue weighted by atomic mass is 13.9. The van der Waals surface area contributed by atoms with E-state index in [-0.39, 0.29) is 0 Å². The van der Waals surface area contributed by atoms with Crippen LogP contribution in [-0.2, 0) is 0 Å². The van der Waals surface area contributed by atoms with Crippen molar-refractivity contribution < 1.29 is 0 Å². The second-order valence-corrected chi connectivity index (χ2v) is 2.56. The van der Waals surface area contributed by atoms with E-state index < -0.39 is 0 Å². The van der Waals surface area contributed by atoms with Gasteiger partial charge in [0.25, 0.3) is 0 Å². The molecule has 1 rings (SSSR count). The van der Waals surface area contributed by atoms with E-state index in [9.17, 15) is 0 Å². The van der Waals surface area contributed by atoms with Gasteiger partial charge in [0.1, 0.15) is 0 Å². The monoisotopic (exact) mass is 157 g/mol. The molecule has 0 bridgehead atoms. The zero-order valence-electron chi connectivity index (χ0n) is 7.54. The molecule has 0 saturated carbocycles. The molecule has 0 aliphatic rings. The molecule has 0 saturated heterocycles. The Kier molecular flexibility index (Phi) is 3.34. The van der Waals surface area contributed by atoms with Gasteiger partial charge in [-0.1, -0.05) is 42.5 Å². The first-order valence-electron chi connectivity index (χ1n) is 4.14. The summed E-state index contributed by atoms with van der Waals surface area (Å²) >= 11 is 0. The maximum atomic E-state index is 3.27. The first kappa shape index (κ1) is 8.79. The second kappa shape index (κ2) is 4.55. The maximum Gasteiger partial charge on any atom is -0.00270 e. The minimum atomic E-state index is 1.13. The summed E-state index contributed by atoms with van der Waals surface area (Å²) in [5.74, 6) is 0. The smallest absolute Gasteiger partial charge is 0.00270 e. The van der Waals surface area contributed by atoms with Crippen LogP contribution in [0.5, 0.6) is 0 Å². The van der Waals surface area contributed by atoms with Gasteiger partial charge in [-0.25, -0.2) is 0 Å². The number of allylic oxidation sites excluding steroid dienone is 2. The van der Waals surface area contributed by atoms with Crippen LogP contribution < -0.4 is 0 Å². The van der Waals surface area contributed by atoms with Crippen molar-refractivity contribution in [3.05, 3.63) is 47.5 Å². The van der Waals surface area contributed by atoms with Crippen LogP contribution in [0.1, 0.15) is 25.0 Å². The van der Waals surface area contributed by atoms with Crippen LogP contribution in [0.4, 0.5) is 0 Å². The predicted octanol–water partition coefficient (Wildman–Crippen LogP) is 3.55. The molecule has 0 fully saturated rings. The minimum Gasteiger partial charge on any atom is -0.0870 e. The van der Waals surface area contributed by atoms with Crippen LogP contribution >= 0.6 is 0 Å². The second-order valence-electron chi connectivity index (χ2n) is 2.56. The van der Waals surface area contributed by atoms with Crippen LogP contribution in [0.25, 0.3) is 12.2 Å². The van der Waals surface area contributed by atoms with E-state index in [1.807, 2.05) is 56.4 Å². The number of benzene rings is 1. The number of hydrogen-bond acceptors (Lipinski definition) is 0. The van der Waals surface area contributed by atoms with Gasteiger partial charge in [0.2, 0.25) is 0 Å². The van der Waals surface area contributed by atoms with E-state index in [1.54, 1.807) is 0 Å². The molecule has 0 atom stereocenters. The fourth-order valence-corrected chi connectivity index (χ4v) is 1.06. The summed E-state index contributed by atoms with van der Waals surface area (Å²) in [6.07, 6.45) is 8.14. The largest absolute Gasteiger partial charge is 0.0870 e. The van der Waals surface area contributed by atoms with Gasteiger partial charge in [-0.3, -0.25) is 0 Å². The predicted molar refractivity (Wildman–Crippen MR) is 54.7 cm³/mol. The Balaban J connectivity index is 2.95. The molecule has 0 amide bonds. The van der Waals surface area contributed by atoms with Gasteiger partial charge in [-0.15, -0.1) is 0 Å². The van der Waals surface area contributed by atoms with Crippen molar-refractivity contribution in [3.63, 3.8) is 0 Å². The summed E-state index contributed by atoms with van der Waals surface area (Å²) in [6.45, 7) is 4.02. The van der Waals surface area contributed by atoms with Crippen molar-refractivity contribution in [1.29, 1.82) is 0 Å². The Morgan fingerprint density at radius 2 is 1.50 bits per heavy atom. The van der Waals surface area contributed by atoms with Crippen LogP contribution in [-0.4, -0.2) is 0 Å². The van der Waals surface area contributed by atoms with Crippen molar-refractivity contribution in [1.82, 2.24) is 0 Å². The Morgan fingerprint density at radius 1 is 1.00 bits per heavy atom. The van der Waals surface area contributed by atoms with Gasteiger partial charge >= 0.3 is 0 Å². The van der Waals surface area contributed by atoms with E-state index in [1.165, 1.54) is 0 Å². The van der Waals surface area contributed by atoms with Gasteiger partial charge in [-0.2, -0.15) is 0 Å². The van der Waals surface area contributed by atoms with E-state index in [0.29, 0.717) is 0 Å². The van der Waals surface area contributed by atoms with Crippen LogP contribution in [0.3, 0.4) is 0 Å². The van der Waals surface area contributed by atoms with E-state index >= 15 is 0 Å². The summed E-state index contributed by atoms with van der Waals surface area (Å²) in [6, 6.07) is 9.41. The molecule has 0 aromatic heterocycles. The molecular formula is C12H13. The van der Waals surface area contributed by atoms with Crippen molar-refractivity contribution in [2.24, 2.45) is 0 Å². The molecule has 0 unspecified atom stereocenters. The molecule has 0 N–H and O–H groups in total. The molecule has 0 nitrogen and oxygen atoms in total. The Bertz CT molecular complexity index is 265. The molecule has 1 aromatic carbocycles. The van der Waals surface area contributed by atoms with Gasteiger partial charge in [0.05, 0.1) is 0 Å². The molecule has 0 spiro atoms. The van der Waals surface area contributed by atoms with Gasteiger partial charge in [-0.05, 0) is 31.0 Å². The molecular weight excluding hydrogens is 144 g/mol. The summed E-state index contributed by atoms with van der Waals surface area (Å²) in [7, 11) is 0. The minimum absolute atomic E-state index is 1.13. The molecule has 61 valence electrons. The lowest BCUT2D eigenvalue weighted by Crippen LogP contribution is -1.75. The summed E-state index contributed by atoms with van der Waals surface area (Å²) in [5.41, 5.74) is 2.27. The average Bonchev–Trinajstić information content (AvgIpc) is 2.06. The quantitative estimate of drug-likeness (QED) is 0.615. The highest BCUT2D eigenvalue weighted by Crippen LogP contribution is 2.07. The van der Waals surface area contributed by atoms with Crippen molar-refractivity contribution in [2.45, 2.75) is 13.8 Å². The fourth-order valence-electron chi connectivity index (χ4n) is 1.06. The Morgan fingerprint density at radius 3 is 1.92 bits per heavy atom. The van der Waals surface area contributed by atoms with Crippen LogP contribution in [0.2, 0.25) is 0 Å². The van der Waals surface area contributed by atoms with E-state index in [0.717, 1.165) is 11.1 Å². The first-order valence-corrected chi connectivity index (χ1v) is 4.14. The van der Waals surface area contributed by atoms with E-state index in [2.05, 4.69) is 6.07 Å². The van der Waals surface area contributed by atoms with Gasteiger partial charge in [0, 0.05) is 0 Å². The van der Waals surface area contributed by atoms with E-state index in [4.69, 9.17) is 0 Å². The first-order chi connectivity index (χ1) is 5.86. The normalized spacial score (nSPS) is 11.5. The summed E-state index contributed by atoms with van der Waals surface area (Å²) < 4.78 is 0. The lowest BCUT2D eigenvalue weighted by molar-refractivity contribution is 1.58. The molecule has 0 aliphatic carbocycles. The lowest BCUT2D eigenvalue weighted by Gasteiger charge is -1.94. The SMILES string of the molecule is C/C=C\c1[c]c(/C=C\C)ccc1. The van der Waals surface area contributed by atoms with Crippen LogP contribution in [0, 0.1) is 6.07 Å². The lowest BCUT2D eigenvalue weighted by atomic mass is 10.1. The van der Waals surface area contributed by atoms with Crippen molar-refractivity contribution in [3.8, 4) is 0 Å². The molecule has 1 radical (unpaired) electrons. The zero-order chi connectivity index (χ0) is 8.81. The molecule has 0 heterocycles. The molecule has 12 heavy (non-hydrogen) atoms. The van der Waals surface area contributed by atoms with Gasteiger partial charge in [0.15, 0.2) is 0 Å². The summed E-state index contributed by atoms with van der Waals surface area (Å²) in [4.78, 5) is 0. The maximum absolute atomic E-state index is 3.27. The fraction of sp³-hybridized carbons (Fsp3) is 0.167. The molecule has 0 heteroatoms. The third-order valence-corrected chi connectivity index (χ3v) is 1.53. The zero-order valence-corrected chi connectivity index (χ0v) is 7.54. The third kappa shape index (κ3) is 2.39. The Hall–Kier alpha value is -1.30. The molecule has 0 aliphatic heterocycles. The highest BCUT2D eigenvalue weighted by Gasteiger charge is 1.88. The number of hydrogen-bond donors (Lipinski definition) is 0. The Labute approximate surface area is 74.2 Å². The van der Waals surface area contributed by atoms with Gasteiger partial charge < -0.3 is 0 Å². The topological polar surface area (TPSA) is 0 Å². The summed E-state index contributed by atoms with van der Waals surface area (Å²) in [5, 5.41) is 0. The number of rotatable bonds is 2. The standard InChI is InChI=1S/C12H13/c1-3-6-11-8-5-9-12(10-11)7-4-2/h3-9H,1-2H3/b6-3-,7-4-. The van der Waals surface area contributed by atoms with Crippen molar-refractivity contribution in [2.75, 3.05) is 0 Å². The van der Waals surface area contributed by atoms with Crippen LogP contribution in [0.15, 0.2) is 30.4 Å². The molecule has 1 aromatic rings. The third-order valence-electron chi connectivity index (χ3n) is 1.53.